The van der Waals surface area contributed by atoms with Gasteiger partial charge < -0.3 is 10.4 Å². The molecule has 2 aromatic rings. The molecule has 1 amide bonds. The molecule has 4 nitrogen and oxygen atoms in total. The number of rotatable bonds is 4. The van der Waals surface area contributed by atoms with Gasteiger partial charge in [0, 0.05) is 22.8 Å². The summed E-state index contributed by atoms with van der Waals surface area (Å²) in [6.07, 6.45) is 1.31. The molecule has 0 radical (unpaired) electrons. The molecule has 1 aliphatic rings. The number of amides is 1. The predicted molar refractivity (Wildman–Crippen MR) is 92.2 cm³/mol. The molecular weight excluding hydrogens is 310 g/mol. The van der Waals surface area contributed by atoms with E-state index in [1.807, 2.05) is 30.3 Å². The number of carbonyl (C=O) groups excluding carboxylic acids is 1. The van der Waals surface area contributed by atoms with Gasteiger partial charge in [-0.25, -0.2) is 4.79 Å². The maximum Gasteiger partial charge on any atom is 0.346 e. The predicted octanol–water partition coefficient (Wildman–Crippen LogP) is 4.59. The van der Waals surface area contributed by atoms with Crippen molar-refractivity contribution in [2.75, 3.05) is 5.32 Å². The first-order chi connectivity index (χ1) is 11.0. The van der Waals surface area contributed by atoms with Gasteiger partial charge in [0.15, 0.2) is 0 Å². The van der Waals surface area contributed by atoms with Crippen molar-refractivity contribution >= 4 is 28.9 Å². The Morgan fingerprint density at radius 2 is 2.04 bits per heavy atom. The second kappa shape index (κ2) is 6.16. The van der Waals surface area contributed by atoms with Crippen molar-refractivity contribution in [2.24, 2.45) is 5.92 Å². The lowest BCUT2D eigenvalue weighted by Crippen LogP contribution is -2.22. The van der Waals surface area contributed by atoms with Gasteiger partial charge in [0.25, 0.3) is 0 Å². The average Bonchev–Trinajstić information content (AvgIpc) is 2.87. The number of benzene rings is 1. The molecule has 1 aliphatic heterocycles. The highest BCUT2D eigenvalue weighted by Crippen LogP contribution is 2.48. The molecule has 2 heterocycles. The van der Waals surface area contributed by atoms with Crippen LogP contribution in [0.3, 0.4) is 0 Å². The van der Waals surface area contributed by atoms with Gasteiger partial charge in [0.1, 0.15) is 4.88 Å². The second-order valence-electron chi connectivity index (χ2n) is 6.30. The molecule has 0 spiro atoms. The lowest BCUT2D eigenvalue weighted by Gasteiger charge is -2.24. The minimum Gasteiger partial charge on any atom is -0.477 e. The van der Waals surface area contributed by atoms with Gasteiger partial charge in [0.05, 0.1) is 5.69 Å². The first kappa shape index (κ1) is 15.7. The van der Waals surface area contributed by atoms with Crippen molar-refractivity contribution in [3.8, 4) is 11.1 Å². The molecule has 0 aliphatic carbocycles. The Kier molecular flexibility index (Phi) is 4.22. The maximum atomic E-state index is 12.1. The van der Waals surface area contributed by atoms with E-state index in [4.69, 9.17) is 0 Å². The summed E-state index contributed by atoms with van der Waals surface area (Å²) in [4.78, 5) is 25.1. The van der Waals surface area contributed by atoms with Gasteiger partial charge in [-0.05, 0) is 17.9 Å². The number of carbonyl (C=O) groups is 2. The number of carboxylic acid groups (broad SMARTS) is 1. The van der Waals surface area contributed by atoms with Crippen LogP contribution in [-0.4, -0.2) is 17.0 Å². The standard InChI is InChI=1S/C18H19NO3S/c1-10(2)8-12-9-13(20)19-15-14(11-6-4-3-5-7-11)17(18(21)22)23-16(12)15/h3-7,10,12H,8-9H2,1-2H3,(H,19,20)(H,21,22)/t12-/m1/s1. The third-order valence-electron chi connectivity index (χ3n) is 4.02. The summed E-state index contributed by atoms with van der Waals surface area (Å²) < 4.78 is 0. The van der Waals surface area contributed by atoms with E-state index in [9.17, 15) is 14.7 Å². The number of nitrogens with one attached hydrogen (secondary N) is 1. The van der Waals surface area contributed by atoms with Crippen molar-refractivity contribution in [1.82, 2.24) is 0 Å². The van der Waals surface area contributed by atoms with Crippen LogP contribution in [0.5, 0.6) is 0 Å². The Balaban J connectivity index is 2.18. The fourth-order valence-electron chi connectivity index (χ4n) is 3.16. The molecule has 2 N–H and O–H groups in total. The topological polar surface area (TPSA) is 66.4 Å². The summed E-state index contributed by atoms with van der Waals surface area (Å²) in [5.74, 6) is -0.426. The minimum atomic E-state index is -0.944. The van der Waals surface area contributed by atoms with Crippen molar-refractivity contribution < 1.29 is 14.7 Å². The van der Waals surface area contributed by atoms with Crippen LogP contribution in [0.4, 0.5) is 5.69 Å². The summed E-state index contributed by atoms with van der Waals surface area (Å²) in [5.41, 5.74) is 2.16. The number of thiophene rings is 1. The monoisotopic (exact) mass is 329 g/mol. The molecular formula is C18H19NO3S. The SMILES string of the molecule is CC(C)C[C@@H]1CC(=O)Nc2c1sc(C(=O)O)c2-c1ccccc1. The summed E-state index contributed by atoms with van der Waals surface area (Å²) in [6.45, 7) is 4.24. The highest BCUT2D eigenvalue weighted by atomic mass is 32.1. The van der Waals surface area contributed by atoms with Crippen LogP contribution in [0.1, 0.15) is 47.2 Å². The van der Waals surface area contributed by atoms with Crippen LogP contribution >= 0.6 is 11.3 Å². The number of aromatic carboxylic acids is 1. The van der Waals surface area contributed by atoms with Crippen molar-refractivity contribution in [3.63, 3.8) is 0 Å². The van der Waals surface area contributed by atoms with Crippen LogP contribution in [0.15, 0.2) is 30.3 Å². The summed E-state index contributed by atoms with van der Waals surface area (Å²) >= 11 is 1.30. The van der Waals surface area contributed by atoms with Gasteiger partial charge in [-0.2, -0.15) is 0 Å². The van der Waals surface area contributed by atoms with Gasteiger partial charge >= 0.3 is 5.97 Å². The van der Waals surface area contributed by atoms with E-state index < -0.39 is 5.97 Å². The molecule has 1 aromatic heterocycles. The van der Waals surface area contributed by atoms with Gasteiger partial charge in [-0.15, -0.1) is 11.3 Å². The first-order valence-corrected chi connectivity index (χ1v) is 8.54. The van der Waals surface area contributed by atoms with E-state index in [0.717, 1.165) is 16.9 Å². The molecule has 1 atom stereocenters. The molecule has 0 saturated carbocycles. The normalized spacial score (nSPS) is 17.0. The Bertz CT molecular complexity index is 749. The molecule has 3 rings (SSSR count). The Hall–Kier alpha value is -2.14. The quantitative estimate of drug-likeness (QED) is 0.862. The Morgan fingerprint density at radius 3 is 2.65 bits per heavy atom. The maximum absolute atomic E-state index is 12.1. The molecule has 120 valence electrons. The van der Waals surface area contributed by atoms with Crippen LogP contribution < -0.4 is 5.32 Å². The lowest BCUT2D eigenvalue weighted by molar-refractivity contribution is -0.116. The number of hydrogen-bond donors (Lipinski definition) is 2. The molecule has 0 bridgehead atoms. The van der Waals surface area contributed by atoms with Gasteiger partial charge in [-0.1, -0.05) is 44.2 Å². The number of anilines is 1. The molecule has 0 fully saturated rings. The molecule has 1 aromatic carbocycles. The van der Waals surface area contributed by atoms with E-state index >= 15 is 0 Å². The number of hydrogen-bond acceptors (Lipinski definition) is 3. The summed E-state index contributed by atoms with van der Waals surface area (Å²) in [5, 5.41) is 12.5. The third kappa shape index (κ3) is 3.01. The van der Waals surface area contributed by atoms with E-state index in [1.54, 1.807) is 0 Å². The molecule has 0 unspecified atom stereocenters. The zero-order valence-electron chi connectivity index (χ0n) is 13.1. The van der Waals surface area contributed by atoms with E-state index in [2.05, 4.69) is 19.2 Å². The van der Waals surface area contributed by atoms with Crippen molar-refractivity contribution in [1.29, 1.82) is 0 Å². The van der Waals surface area contributed by atoms with Crippen molar-refractivity contribution in [2.45, 2.75) is 32.6 Å². The lowest BCUT2D eigenvalue weighted by atomic mass is 9.88. The van der Waals surface area contributed by atoms with E-state index in [-0.39, 0.29) is 11.8 Å². The summed E-state index contributed by atoms with van der Waals surface area (Å²) in [7, 11) is 0. The van der Waals surface area contributed by atoms with E-state index in [0.29, 0.717) is 28.5 Å². The second-order valence-corrected chi connectivity index (χ2v) is 7.35. The van der Waals surface area contributed by atoms with Crippen LogP contribution in [0.2, 0.25) is 0 Å². The molecule has 0 saturated heterocycles. The van der Waals surface area contributed by atoms with Crippen LogP contribution in [0.25, 0.3) is 11.1 Å². The number of fused-ring (bicyclic) bond motifs is 1. The van der Waals surface area contributed by atoms with Gasteiger partial charge in [-0.3, -0.25) is 4.79 Å². The fourth-order valence-corrected chi connectivity index (χ4v) is 4.39. The number of carboxylic acids is 1. The summed E-state index contributed by atoms with van der Waals surface area (Å²) in [6, 6.07) is 9.41. The van der Waals surface area contributed by atoms with E-state index in [1.165, 1.54) is 11.3 Å². The van der Waals surface area contributed by atoms with Crippen LogP contribution in [-0.2, 0) is 4.79 Å². The zero-order valence-corrected chi connectivity index (χ0v) is 13.9. The van der Waals surface area contributed by atoms with Crippen molar-refractivity contribution in [3.05, 3.63) is 40.1 Å². The van der Waals surface area contributed by atoms with Crippen LogP contribution in [0, 0.1) is 5.92 Å². The molecule has 23 heavy (non-hydrogen) atoms. The average molecular weight is 329 g/mol. The minimum absolute atomic E-state index is 0.0323. The Morgan fingerprint density at radius 1 is 1.35 bits per heavy atom. The van der Waals surface area contributed by atoms with Gasteiger partial charge in [0.2, 0.25) is 5.91 Å². The smallest absolute Gasteiger partial charge is 0.346 e. The fraction of sp³-hybridized carbons (Fsp3) is 0.333. The highest BCUT2D eigenvalue weighted by Gasteiger charge is 2.33. The zero-order chi connectivity index (χ0) is 16.6. The third-order valence-corrected chi connectivity index (χ3v) is 5.36. The largest absolute Gasteiger partial charge is 0.477 e. The first-order valence-electron chi connectivity index (χ1n) is 7.72. The Labute approximate surface area is 139 Å². The molecule has 5 heteroatoms. The highest BCUT2D eigenvalue weighted by molar-refractivity contribution is 7.15.